The van der Waals surface area contributed by atoms with Crippen LogP contribution >= 0.6 is 0 Å². The van der Waals surface area contributed by atoms with Crippen LogP contribution in [0.3, 0.4) is 0 Å². The van der Waals surface area contributed by atoms with Crippen LogP contribution in [-0.2, 0) is 16.1 Å². The van der Waals surface area contributed by atoms with E-state index in [0.29, 0.717) is 0 Å². The summed E-state index contributed by atoms with van der Waals surface area (Å²) >= 11 is 0. The Balaban J connectivity index is 2.06. The highest BCUT2D eigenvalue weighted by molar-refractivity contribution is 6.09. The van der Waals surface area contributed by atoms with Gasteiger partial charge in [-0.3, -0.25) is 4.79 Å². The number of carbonyl (C=O) groups is 2. The SMILES string of the molecule is CCC(C)[C@H]1C(=O)N=C(N)N1C(=O)OCc1ccccc1. The molecule has 0 aliphatic carbocycles. The number of nitrogens with zero attached hydrogens (tertiary/aromatic N) is 2. The maximum absolute atomic E-state index is 12.2. The third-order valence-electron chi connectivity index (χ3n) is 3.59. The quantitative estimate of drug-likeness (QED) is 0.917. The third-order valence-corrected chi connectivity index (χ3v) is 3.59. The van der Waals surface area contributed by atoms with Crippen molar-refractivity contribution in [3.63, 3.8) is 0 Å². The molecule has 6 nitrogen and oxygen atoms in total. The predicted molar refractivity (Wildman–Crippen MR) is 78.3 cm³/mol. The molecule has 0 saturated heterocycles. The van der Waals surface area contributed by atoms with Gasteiger partial charge in [-0.1, -0.05) is 50.6 Å². The maximum Gasteiger partial charge on any atom is 0.417 e. The second-order valence-corrected chi connectivity index (χ2v) is 5.05. The zero-order valence-corrected chi connectivity index (χ0v) is 12.2. The van der Waals surface area contributed by atoms with Gasteiger partial charge in [0.05, 0.1) is 0 Å². The Hall–Kier alpha value is -2.37. The molecule has 112 valence electrons. The minimum atomic E-state index is -0.668. The van der Waals surface area contributed by atoms with Crippen LogP contribution in [0.5, 0.6) is 0 Å². The van der Waals surface area contributed by atoms with Gasteiger partial charge < -0.3 is 10.5 Å². The van der Waals surface area contributed by atoms with Crippen molar-refractivity contribution in [2.45, 2.75) is 32.9 Å². The van der Waals surface area contributed by atoms with Crippen molar-refractivity contribution >= 4 is 18.0 Å². The van der Waals surface area contributed by atoms with Crippen molar-refractivity contribution in [2.24, 2.45) is 16.6 Å². The predicted octanol–water partition coefficient (Wildman–Crippen LogP) is 1.89. The van der Waals surface area contributed by atoms with Crippen LogP contribution < -0.4 is 5.73 Å². The van der Waals surface area contributed by atoms with Gasteiger partial charge in [-0.2, -0.15) is 4.99 Å². The highest BCUT2D eigenvalue weighted by atomic mass is 16.6. The van der Waals surface area contributed by atoms with Crippen LogP contribution in [-0.4, -0.2) is 28.9 Å². The van der Waals surface area contributed by atoms with Crippen molar-refractivity contribution in [1.29, 1.82) is 0 Å². The molecule has 2 amide bonds. The van der Waals surface area contributed by atoms with Gasteiger partial charge in [-0.15, -0.1) is 0 Å². The summed E-state index contributed by atoms with van der Waals surface area (Å²) in [6.45, 7) is 3.96. The average molecular weight is 289 g/mol. The molecule has 0 aromatic heterocycles. The number of benzene rings is 1. The van der Waals surface area contributed by atoms with E-state index in [9.17, 15) is 9.59 Å². The molecule has 1 aromatic carbocycles. The molecule has 1 heterocycles. The first-order valence-corrected chi connectivity index (χ1v) is 6.92. The standard InChI is InChI=1S/C15H19N3O3/c1-3-10(2)12-13(19)17-14(16)18(12)15(20)21-9-11-7-5-4-6-8-11/h4-8,10,12H,3,9H2,1-2H3,(H2,16,17,19)/t10?,12-/m0/s1. The number of guanidine groups is 1. The Morgan fingerprint density at radius 1 is 1.43 bits per heavy atom. The molecular weight excluding hydrogens is 270 g/mol. The minimum absolute atomic E-state index is 0.0356. The molecule has 0 radical (unpaired) electrons. The Morgan fingerprint density at radius 3 is 2.71 bits per heavy atom. The molecular formula is C15H19N3O3. The fraction of sp³-hybridized carbons (Fsp3) is 0.400. The van der Waals surface area contributed by atoms with E-state index in [2.05, 4.69) is 4.99 Å². The van der Waals surface area contributed by atoms with E-state index in [1.165, 1.54) is 0 Å². The molecule has 2 atom stereocenters. The molecule has 2 N–H and O–H groups in total. The first-order valence-electron chi connectivity index (χ1n) is 6.92. The Labute approximate surface area is 123 Å². The van der Waals surface area contributed by atoms with Gasteiger partial charge in [0, 0.05) is 0 Å². The first kappa shape index (κ1) is 15.0. The largest absolute Gasteiger partial charge is 0.444 e. The minimum Gasteiger partial charge on any atom is -0.444 e. The number of aliphatic imine (C=N–C) groups is 1. The number of hydrogen-bond acceptors (Lipinski definition) is 4. The summed E-state index contributed by atoms with van der Waals surface area (Å²) in [6, 6.07) is 8.64. The second kappa shape index (κ2) is 6.39. The fourth-order valence-corrected chi connectivity index (χ4v) is 2.20. The van der Waals surface area contributed by atoms with E-state index in [0.717, 1.165) is 16.9 Å². The van der Waals surface area contributed by atoms with Crippen LogP contribution in [0.1, 0.15) is 25.8 Å². The van der Waals surface area contributed by atoms with Gasteiger partial charge in [-0.05, 0) is 11.5 Å². The molecule has 1 aliphatic heterocycles. The second-order valence-electron chi connectivity index (χ2n) is 5.05. The molecule has 0 spiro atoms. The normalized spacial score (nSPS) is 19.3. The smallest absolute Gasteiger partial charge is 0.417 e. The van der Waals surface area contributed by atoms with Crippen LogP contribution in [0.25, 0.3) is 0 Å². The lowest BCUT2D eigenvalue weighted by Crippen LogP contribution is -2.48. The summed E-state index contributed by atoms with van der Waals surface area (Å²) in [4.78, 5) is 28.9. The molecule has 1 aromatic rings. The van der Waals surface area contributed by atoms with Gasteiger partial charge in [0.1, 0.15) is 12.6 Å². The molecule has 2 rings (SSSR count). The van der Waals surface area contributed by atoms with Gasteiger partial charge >= 0.3 is 6.09 Å². The molecule has 0 saturated carbocycles. The van der Waals surface area contributed by atoms with E-state index < -0.39 is 18.0 Å². The topological polar surface area (TPSA) is 85.0 Å². The number of hydrogen-bond donors (Lipinski definition) is 1. The zero-order valence-electron chi connectivity index (χ0n) is 12.2. The summed E-state index contributed by atoms with van der Waals surface area (Å²) < 4.78 is 5.23. The average Bonchev–Trinajstić information content (AvgIpc) is 2.79. The van der Waals surface area contributed by atoms with E-state index in [-0.39, 0.29) is 18.5 Å². The van der Waals surface area contributed by atoms with E-state index in [1.807, 2.05) is 44.2 Å². The van der Waals surface area contributed by atoms with Crippen LogP contribution in [0.4, 0.5) is 4.79 Å². The van der Waals surface area contributed by atoms with Gasteiger partial charge in [0.15, 0.2) is 0 Å². The van der Waals surface area contributed by atoms with E-state index in [1.54, 1.807) is 0 Å². The molecule has 0 fully saturated rings. The molecule has 1 aliphatic rings. The number of amides is 2. The summed E-state index contributed by atoms with van der Waals surface area (Å²) in [5.74, 6) is -0.520. The highest BCUT2D eigenvalue weighted by Gasteiger charge is 2.41. The number of nitrogens with two attached hydrogens (primary N) is 1. The lowest BCUT2D eigenvalue weighted by atomic mass is 9.98. The summed E-state index contributed by atoms with van der Waals surface area (Å²) in [5, 5.41) is 0. The van der Waals surface area contributed by atoms with Gasteiger partial charge in [-0.25, -0.2) is 9.69 Å². The van der Waals surface area contributed by atoms with Crippen LogP contribution in [0, 0.1) is 5.92 Å². The van der Waals surface area contributed by atoms with Gasteiger partial charge in [0.2, 0.25) is 5.96 Å². The molecule has 1 unspecified atom stereocenters. The maximum atomic E-state index is 12.2. The van der Waals surface area contributed by atoms with E-state index in [4.69, 9.17) is 10.5 Å². The summed E-state index contributed by atoms with van der Waals surface area (Å²) in [7, 11) is 0. The molecule has 0 bridgehead atoms. The Morgan fingerprint density at radius 2 is 2.10 bits per heavy atom. The lowest BCUT2D eigenvalue weighted by Gasteiger charge is -2.26. The first-order chi connectivity index (χ1) is 10.0. The van der Waals surface area contributed by atoms with Crippen molar-refractivity contribution in [2.75, 3.05) is 0 Å². The van der Waals surface area contributed by atoms with Crippen LogP contribution in [0.15, 0.2) is 35.3 Å². The zero-order chi connectivity index (χ0) is 15.4. The molecule has 6 heteroatoms. The number of rotatable bonds is 4. The number of ether oxygens (including phenoxy) is 1. The van der Waals surface area contributed by atoms with Crippen molar-refractivity contribution in [1.82, 2.24) is 4.90 Å². The Kier molecular flexibility index (Phi) is 4.57. The number of carbonyl (C=O) groups excluding carboxylic acids is 2. The molecule has 21 heavy (non-hydrogen) atoms. The summed E-state index contributed by atoms with van der Waals surface area (Å²) in [6.07, 6.45) is 0.0954. The van der Waals surface area contributed by atoms with Crippen molar-refractivity contribution in [3.05, 3.63) is 35.9 Å². The fourth-order valence-electron chi connectivity index (χ4n) is 2.20. The van der Waals surface area contributed by atoms with Gasteiger partial charge in [0.25, 0.3) is 5.91 Å². The summed E-state index contributed by atoms with van der Waals surface area (Å²) in [5.41, 5.74) is 6.54. The van der Waals surface area contributed by atoms with Crippen molar-refractivity contribution < 1.29 is 14.3 Å². The monoisotopic (exact) mass is 289 g/mol. The third kappa shape index (κ3) is 3.21. The van der Waals surface area contributed by atoms with E-state index >= 15 is 0 Å². The Bertz CT molecular complexity index is 557. The van der Waals surface area contributed by atoms with Crippen molar-refractivity contribution in [3.8, 4) is 0 Å². The lowest BCUT2D eigenvalue weighted by molar-refractivity contribution is -0.121. The highest BCUT2D eigenvalue weighted by Crippen LogP contribution is 2.22. The van der Waals surface area contributed by atoms with Crippen LogP contribution in [0.2, 0.25) is 0 Å².